The van der Waals surface area contributed by atoms with Crippen LogP contribution < -0.4 is 4.72 Å². The summed E-state index contributed by atoms with van der Waals surface area (Å²) in [5.41, 5.74) is 0.993. The molecule has 0 amide bonds. The molecule has 1 aromatic carbocycles. The fourth-order valence-corrected chi connectivity index (χ4v) is 3.83. The summed E-state index contributed by atoms with van der Waals surface area (Å²) in [5, 5.41) is 0. The van der Waals surface area contributed by atoms with Crippen LogP contribution in [0.2, 0.25) is 0 Å². The predicted molar refractivity (Wildman–Crippen MR) is 76.3 cm³/mol. The molecule has 0 aliphatic rings. The third kappa shape index (κ3) is 3.46. The Hall–Kier alpha value is -1.11. The van der Waals surface area contributed by atoms with E-state index >= 15 is 0 Å². The van der Waals surface area contributed by atoms with Gasteiger partial charge in [0.2, 0.25) is 10.0 Å². The van der Waals surface area contributed by atoms with Crippen LogP contribution in [0, 0.1) is 13.8 Å². The van der Waals surface area contributed by atoms with Crippen LogP contribution in [0.25, 0.3) is 0 Å². The van der Waals surface area contributed by atoms with Gasteiger partial charge < -0.3 is 4.42 Å². The third-order valence-electron chi connectivity index (χ3n) is 2.61. The van der Waals surface area contributed by atoms with Gasteiger partial charge in [-0.1, -0.05) is 6.07 Å². The standard InChI is InChI=1S/C13H14BrNO3S/c1-9-3-6-13(12(14)7-9)19(16,17)15-8-11-5-4-10(2)18-11/h3-7,15H,8H2,1-2H3. The summed E-state index contributed by atoms with van der Waals surface area (Å²) in [7, 11) is -3.55. The lowest BCUT2D eigenvalue weighted by Gasteiger charge is -2.08. The molecular weight excluding hydrogens is 330 g/mol. The van der Waals surface area contributed by atoms with Crippen molar-refractivity contribution in [3.8, 4) is 0 Å². The summed E-state index contributed by atoms with van der Waals surface area (Å²) in [4.78, 5) is 0.223. The summed E-state index contributed by atoms with van der Waals surface area (Å²) < 4.78 is 32.7. The highest BCUT2D eigenvalue weighted by atomic mass is 79.9. The highest BCUT2D eigenvalue weighted by Gasteiger charge is 2.17. The molecule has 0 fully saturated rings. The average molecular weight is 344 g/mol. The molecule has 0 unspecified atom stereocenters. The van der Waals surface area contributed by atoms with Crippen molar-refractivity contribution < 1.29 is 12.8 Å². The fraction of sp³-hybridized carbons (Fsp3) is 0.231. The molecule has 0 saturated carbocycles. The number of nitrogens with one attached hydrogen (secondary N) is 1. The Kier molecular flexibility index (Phi) is 4.13. The predicted octanol–water partition coefficient (Wildman–Crippen LogP) is 3.14. The van der Waals surface area contributed by atoms with Gasteiger partial charge in [-0.25, -0.2) is 13.1 Å². The lowest BCUT2D eigenvalue weighted by molar-refractivity contribution is 0.475. The molecule has 4 nitrogen and oxygen atoms in total. The maximum Gasteiger partial charge on any atom is 0.242 e. The first kappa shape index (κ1) is 14.3. The van der Waals surface area contributed by atoms with E-state index in [0.29, 0.717) is 10.2 Å². The molecule has 0 bridgehead atoms. The van der Waals surface area contributed by atoms with E-state index in [1.54, 1.807) is 30.3 Å². The normalized spacial score (nSPS) is 11.7. The molecule has 102 valence electrons. The molecule has 1 N–H and O–H groups in total. The second-order valence-corrected chi connectivity index (χ2v) is 6.86. The Morgan fingerprint density at radius 1 is 1.21 bits per heavy atom. The Morgan fingerprint density at radius 2 is 1.95 bits per heavy atom. The molecule has 1 aromatic heterocycles. The first-order chi connectivity index (χ1) is 8.88. The van der Waals surface area contributed by atoms with Crippen molar-refractivity contribution in [2.75, 3.05) is 0 Å². The van der Waals surface area contributed by atoms with Gasteiger partial charge >= 0.3 is 0 Å². The van der Waals surface area contributed by atoms with Crippen LogP contribution in [0.1, 0.15) is 17.1 Å². The molecule has 0 saturated heterocycles. The molecule has 0 radical (unpaired) electrons. The maximum atomic E-state index is 12.2. The number of furan rings is 1. The van der Waals surface area contributed by atoms with E-state index in [1.165, 1.54) is 0 Å². The Bertz CT molecular complexity index is 692. The second kappa shape index (κ2) is 5.48. The minimum Gasteiger partial charge on any atom is -0.465 e. The van der Waals surface area contributed by atoms with Crippen molar-refractivity contribution in [1.82, 2.24) is 4.72 Å². The number of benzene rings is 1. The van der Waals surface area contributed by atoms with Gasteiger partial charge in [-0.3, -0.25) is 0 Å². The van der Waals surface area contributed by atoms with E-state index in [1.807, 2.05) is 13.8 Å². The van der Waals surface area contributed by atoms with Crippen LogP contribution in [-0.4, -0.2) is 8.42 Å². The first-order valence-corrected chi connectivity index (χ1v) is 7.97. The Balaban J connectivity index is 2.18. The van der Waals surface area contributed by atoms with E-state index in [0.717, 1.165) is 11.3 Å². The minimum absolute atomic E-state index is 0.135. The van der Waals surface area contributed by atoms with Gasteiger partial charge in [0.1, 0.15) is 11.5 Å². The van der Waals surface area contributed by atoms with Crippen LogP contribution in [-0.2, 0) is 16.6 Å². The van der Waals surface area contributed by atoms with Crippen molar-refractivity contribution in [3.05, 3.63) is 51.9 Å². The lowest BCUT2D eigenvalue weighted by Crippen LogP contribution is -2.23. The van der Waals surface area contributed by atoms with Crippen LogP contribution in [0.3, 0.4) is 0 Å². The van der Waals surface area contributed by atoms with Gasteiger partial charge in [0, 0.05) is 4.47 Å². The zero-order valence-corrected chi connectivity index (χ0v) is 13.0. The molecule has 0 aliphatic carbocycles. The van der Waals surface area contributed by atoms with Crippen LogP contribution in [0.4, 0.5) is 0 Å². The molecule has 0 atom stereocenters. The van der Waals surface area contributed by atoms with Crippen molar-refractivity contribution in [1.29, 1.82) is 0 Å². The average Bonchev–Trinajstić information content (AvgIpc) is 2.72. The molecule has 2 rings (SSSR count). The van der Waals surface area contributed by atoms with E-state index in [9.17, 15) is 8.42 Å². The highest BCUT2D eigenvalue weighted by molar-refractivity contribution is 9.10. The molecule has 19 heavy (non-hydrogen) atoms. The minimum atomic E-state index is -3.55. The van der Waals surface area contributed by atoms with Crippen LogP contribution in [0.15, 0.2) is 44.1 Å². The smallest absolute Gasteiger partial charge is 0.242 e. The molecule has 1 heterocycles. The monoisotopic (exact) mass is 343 g/mol. The van der Waals surface area contributed by atoms with E-state index in [-0.39, 0.29) is 11.4 Å². The SMILES string of the molecule is Cc1ccc(S(=O)(=O)NCc2ccc(C)o2)c(Br)c1. The van der Waals surface area contributed by atoms with Gasteiger partial charge in [0.25, 0.3) is 0 Å². The van der Waals surface area contributed by atoms with Gasteiger partial charge in [-0.2, -0.15) is 0 Å². The molecule has 0 spiro atoms. The molecular formula is C13H14BrNO3S. The molecule has 6 heteroatoms. The van der Waals surface area contributed by atoms with Crippen molar-refractivity contribution >= 4 is 26.0 Å². The Morgan fingerprint density at radius 3 is 2.53 bits per heavy atom. The van der Waals surface area contributed by atoms with Crippen molar-refractivity contribution in [2.24, 2.45) is 0 Å². The maximum absolute atomic E-state index is 12.2. The lowest BCUT2D eigenvalue weighted by atomic mass is 10.2. The Labute approximate surface area is 121 Å². The van der Waals surface area contributed by atoms with E-state index < -0.39 is 10.0 Å². The number of sulfonamides is 1. The van der Waals surface area contributed by atoms with Gasteiger partial charge in [-0.15, -0.1) is 0 Å². The summed E-state index contributed by atoms with van der Waals surface area (Å²) in [6, 6.07) is 8.66. The summed E-state index contributed by atoms with van der Waals surface area (Å²) >= 11 is 3.27. The number of rotatable bonds is 4. The number of hydrogen-bond acceptors (Lipinski definition) is 3. The third-order valence-corrected chi connectivity index (χ3v) is 4.99. The number of hydrogen-bond donors (Lipinski definition) is 1. The van der Waals surface area contributed by atoms with E-state index in [2.05, 4.69) is 20.7 Å². The topological polar surface area (TPSA) is 59.3 Å². The van der Waals surface area contributed by atoms with Gasteiger partial charge in [0.05, 0.1) is 11.4 Å². The zero-order chi connectivity index (χ0) is 14.0. The van der Waals surface area contributed by atoms with Gasteiger partial charge in [-0.05, 0) is 59.6 Å². The van der Waals surface area contributed by atoms with Crippen LogP contribution >= 0.6 is 15.9 Å². The number of aryl methyl sites for hydroxylation is 2. The zero-order valence-electron chi connectivity index (χ0n) is 10.6. The number of halogens is 1. The van der Waals surface area contributed by atoms with Crippen molar-refractivity contribution in [2.45, 2.75) is 25.3 Å². The largest absolute Gasteiger partial charge is 0.465 e. The molecule has 0 aliphatic heterocycles. The second-order valence-electron chi connectivity index (χ2n) is 4.27. The summed E-state index contributed by atoms with van der Waals surface area (Å²) in [6.45, 7) is 3.85. The van der Waals surface area contributed by atoms with Gasteiger partial charge in [0.15, 0.2) is 0 Å². The highest BCUT2D eigenvalue weighted by Crippen LogP contribution is 2.23. The summed E-state index contributed by atoms with van der Waals surface area (Å²) in [5.74, 6) is 1.34. The fourth-order valence-electron chi connectivity index (χ4n) is 1.65. The quantitative estimate of drug-likeness (QED) is 0.927. The molecule has 2 aromatic rings. The van der Waals surface area contributed by atoms with Crippen molar-refractivity contribution in [3.63, 3.8) is 0 Å². The van der Waals surface area contributed by atoms with E-state index in [4.69, 9.17) is 4.42 Å². The first-order valence-electron chi connectivity index (χ1n) is 5.69. The van der Waals surface area contributed by atoms with Crippen LogP contribution in [0.5, 0.6) is 0 Å². The summed E-state index contributed by atoms with van der Waals surface area (Å²) in [6.07, 6.45) is 0.